The van der Waals surface area contributed by atoms with Crippen molar-refractivity contribution in [2.75, 3.05) is 30.9 Å². The number of benzene rings is 1. The number of carboxylic acid groups (broad SMARTS) is 1. The largest absolute Gasteiger partial charge is 0.481 e. The summed E-state index contributed by atoms with van der Waals surface area (Å²) < 4.78 is 36.5. The zero-order valence-electron chi connectivity index (χ0n) is 21.3. The molecule has 7 atom stereocenters. The van der Waals surface area contributed by atoms with Crippen molar-refractivity contribution in [2.24, 2.45) is 0 Å². The molecule has 0 spiro atoms. The van der Waals surface area contributed by atoms with Gasteiger partial charge >= 0.3 is 21.2 Å². The molecule has 0 radical (unpaired) electrons. The normalized spacial score (nSPS) is 21.4. The summed E-state index contributed by atoms with van der Waals surface area (Å²) in [6.45, 7) is 3.43. The third-order valence-electron chi connectivity index (χ3n) is 5.94. The standard InChI is InChI=1S/C22H37N3O9P2S/c1-14(13-37-4)33-35(29,30)15(2)25-22(28)19(9-10-21(26)27)34-36(31,32)20(23-3)11-16-12-24-18-8-6-5-7-17(16)18/h5-8,14-16,19-20,23-24H,9-13H2,1-4H3,(H,25,28)(H,26,27)(H,29,30)(H,31,32). The molecule has 0 saturated heterocycles. The molecule has 6 N–H and O–H groups in total. The number of carbonyl (C=O) groups excluding carboxylic acids is 1. The third kappa shape index (κ3) is 9.37. The topological polar surface area (TPSA) is 184 Å². The van der Waals surface area contributed by atoms with E-state index in [1.807, 2.05) is 30.5 Å². The fourth-order valence-electron chi connectivity index (χ4n) is 3.99. The summed E-state index contributed by atoms with van der Waals surface area (Å²) in [7, 11) is -7.31. The number of thioether (sulfide) groups is 1. The molecule has 1 aromatic carbocycles. The molecule has 1 aliphatic heterocycles. The van der Waals surface area contributed by atoms with E-state index in [2.05, 4.69) is 16.0 Å². The minimum absolute atomic E-state index is 0.0928. The van der Waals surface area contributed by atoms with E-state index in [0.717, 1.165) is 11.3 Å². The lowest BCUT2D eigenvalue weighted by molar-refractivity contribution is -0.138. The number of fused-ring (bicyclic) bond motifs is 1. The fraction of sp³-hybridized carbons (Fsp3) is 0.636. The van der Waals surface area contributed by atoms with E-state index in [0.29, 0.717) is 12.3 Å². The molecule has 0 aromatic heterocycles. The van der Waals surface area contributed by atoms with Gasteiger partial charge in [0.1, 0.15) is 17.7 Å². The molecule has 0 saturated carbocycles. The van der Waals surface area contributed by atoms with Gasteiger partial charge in [-0.1, -0.05) is 18.2 Å². The highest BCUT2D eigenvalue weighted by Crippen LogP contribution is 2.52. The molecule has 7 unspecified atom stereocenters. The Bertz CT molecular complexity index is 1030. The zero-order chi connectivity index (χ0) is 27.8. The average Bonchev–Trinajstić information content (AvgIpc) is 3.22. The Kier molecular flexibility index (Phi) is 12.1. The van der Waals surface area contributed by atoms with Crippen molar-refractivity contribution in [3.63, 3.8) is 0 Å². The van der Waals surface area contributed by atoms with Crippen molar-refractivity contribution in [1.82, 2.24) is 10.6 Å². The number of anilines is 1. The number of hydrogen-bond acceptors (Lipinski definition) is 9. The van der Waals surface area contributed by atoms with Crippen LogP contribution in [0.1, 0.15) is 44.6 Å². The second kappa shape index (κ2) is 14.1. The van der Waals surface area contributed by atoms with Crippen LogP contribution in [0, 0.1) is 0 Å². The van der Waals surface area contributed by atoms with Gasteiger partial charge in [-0.2, -0.15) is 11.8 Å². The highest BCUT2D eigenvalue weighted by molar-refractivity contribution is 7.98. The molecule has 2 rings (SSSR count). The summed E-state index contributed by atoms with van der Waals surface area (Å²) >= 11 is 1.42. The van der Waals surface area contributed by atoms with E-state index < -0.39 is 63.7 Å². The molecule has 0 bridgehead atoms. The summed E-state index contributed by atoms with van der Waals surface area (Å²) in [5.41, 5.74) is 1.93. The van der Waals surface area contributed by atoms with Crippen LogP contribution in [-0.4, -0.2) is 76.1 Å². The Morgan fingerprint density at radius 2 is 1.86 bits per heavy atom. The van der Waals surface area contributed by atoms with Crippen LogP contribution in [0.2, 0.25) is 0 Å². The molecule has 0 aliphatic carbocycles. The molecule has 1 aromatic rings. The smallest absolute Gasteiger partial charge is 0.350 e. The molecule has 12 nitrogen and oxygen atoms in total. The summed E-state index contributed by atoms with van der Waals surface area (Å²) in [6, 6.07) is 7.60. The lowest BCUT2D eigenvalue weighted by Crippen LogP contribution is -2.42. The van der Waals surface area contributed by atoms with E-state index in [9.17, 15) is 28.5 Å². The summed E-state index contributed by atoms with van der Waals surface area (Å²) in [6.07, 6.45) is -1.12. The maximum absolute atomic E-state index is 13.3. The molecular weight excluding hydrogens is 544 g/mol. The fourth-order valence-corrected chi connectivity index (χ4v) is 7.25. The highest BCUT2D eigenvalue weighted by Gasteiger charge is 2.41. The van der Waals surface area contributed by atoms with Crippen LogP contribution in [0.25, 0.3) is 0 Å². The number of rotatable bonds is 16. The quantitative estimate of drug-likeness (QED) is 0.157. The minimum Gasteiger partial charge on any atom is -0.481 e. The minimum atomic E-state index is -4.51. The van der Waals surface area contributed by atoms with Gasteiger partial charge in [0.25, 0.3) is 0 Å². The van der Waals surface area contributed by atoms with Gasteiger partial charge in [0, 0.05) is 30.3 Å². The van der Waals surface area contributed by atoms with Crippen LogP contribution in [0.5, 0.6) is 0 Å². The maximum Gasteiger partial charge on any atom is 0.350 e. The van der Waals surface area contributed by atoms with Crippen molar-refractivity contribution in [2.45, 2.75) is 62.8 Å². The van der Waals surface area contributed by atoms with Crippen molar-refractivity contribution in [1.29, 1.82) is 0 Å². The molecule has 1 amide bonds. The number of para-hydroxylation sites is 1. The number of nitrogens with one attached hydrogen (secondary N) is 3. The Labute approximate surface area is 221 Å². The van der Waals surface area contributed by atoms with Gasteiger partial charge in [0.05, 0.1) is 6.10 Å². The Morgan fingerprint density at radius 1 is 1.19 bits per heavy atom. The number of amides is 1. The number of hydrogen-bond donors (Lipinski definition) is 6. The monoisotopic (exact) mass is 581 g/mol. The number of aliphatic carboxylic acids is 1. The van der Waals surface area contributed by atoms with Gasteiger partial charge in [0.15, 0.2) is 0 Å². The van der Waals surface area contributed by atoms with Gasteiger partial charge in [-0.3, -0.25) is 23.2 Å². The molecule has 0 fully saturated rings. The summed E-state index contributed by atoms with van der Waals surface area (Å²) in [5.74, 6) is -4.27. The zero-order valence-corrected chi connectivity index (χ0v) is 23.9. The molecule has 37 heavy (non-hydrogen) atoms. The van der Waals surface area contributed by atoms with E-state index in [-0.39, 0.29) is 12.3 Å². The van der Waals surface area contributed by atoms with Gasteiger partial charge in [0.2, 0.25) is 5.91 Å². The van der Waals surface area contributed by atoms with Crippen LogP contribution in [0.3, 0.4) is 0 Å². The second-order valence-electron chi connectivity index (χ2n) is 8.92. The Morgan fingerprint density at radius 3 is 2.49 bits per heavy atom. The first-order chi connectivity index (χ1) is 17.3. The lowest BCUT2D eigenvalue weighted by Gasteiger charge is -2.29. The molecule has 210 valence electrons. The van der Waals surface area contributed by atoms with Gasteiger partial charge < -0.3 is 35.4 Å². The first-order valence-corrected chi connectivity index (χ1v) is 16.5. The first kappa shape index (κ1) is 31.8. The van der Waals surface area contributed by atoms with E-state index >= 15 is 0 Å². The second-order valence-corrected chi connectivity index (χ2v) is 13.9. The van der Waals surface area contributed by atoms with Crippen molar-refractivity contribution in [3.05, 3.63) is 29.8 Å². The first-order valence-electron chi connectivity index (χ1n) is 11.8. The number of carbonyl (C=O) groups is 2. The molecule has 1 aliphatic rings. The van der Waals surface area contributed by atoms with Crippen molar-refractivity contribution in [3.8, 4) is 0 Å². The SMILES string of the molecule is CNC(CC1CNc2ccccc21)P(=O)(O)OC(CCC(=O)O)C(=O)NC(C)P(=O)(O)OC(C)CSC. The van der Waals surface area contributed by atoms with Crippen LogP contribution >= 0.6 is 27.0 Å². The van der Waals surface area contributed by atoms with E-state index in [4.69, 9.17) is 14.2 Å². The predicted molar refractivity (Wildman–Crippen MR) is 143 cm³/mol. The van der Waals surface area contributed by atoms with Gasteiger partial charge in [-0.05, 0) is 51.6 Å². The Hall–Kier alpha value is -1.43. The number of carboxylic acids is 1. The predicted octanol–water partition coefficient (Wildman–Crippen LogP) is 2.98. The van der Waals surface area contributed by atoms with Crippen LogP contribution < -0.4 is 16.0 Å². The molecular formula is C22H37N3O9P2S. The Balaban J connectivity index is 2.14. The summed E-state index contributed by atoms with van der Waals surface area (Å²) in [4.78, 5) is 45.2. The van der Waals surface area contributed by atoms with Crippen molar-refractivity contribution >= 4 is 44.5 Å². The van der Waals surface area contributed by atoms with E-state index in [1.54, 1.807) is 6.92 Å². The highest BCUT2D eigenvalue weighted by atomic mass is 32.2. The third-order valence-corrected chi connectivity index (χ3v) is 10.3. The van der Waals surface area contributed by atoms with Gasteiger partial charge in [-0.25, -0.2) is 0 Å². The van der Waals surface area contributed by atoms with Crippen LogP contribution in [0.4, 0.5) is 5.69 Å². The van der Waals surface area contributed by atoms with Crippen LogP contribution in [-0.2, 0) is 27.8 Å². The molecule has 15 heteroatoms. The van der Waals surface area contributed by atoms with Crippen molar-refractivity contribution < 1.29 is 42.7 Å². The van der Waals surface area contributed by atoms with Gasteiger partial charge in [-0.15, -0.1) is 0 Å². The average molecular weight is 582 g/mol. The maximum atomic E-state index is 13.3. The molecule has 1 heterocycles. The summed E-state index contributed by atoms with van der Waals surface area (Å²) in [5, 5.41) is 17.4. The van der Waals surface area contributed by atoms with E-state index in [1.165, 1.54) is 25.7 Å². The lowest BCUT2D eigenvalue weighted by atomic mass is 9.98. The van der Waals surface area contributed by atoms with Crippen LogP contribution in [0.15, 0.2) is 24.3 Å².